The predicted molar refractivity (Wildman–Crippen MR) is 65.9 cm³/mol. The van der Waals surface area contributed by atoms with Gasteiger partial charge in [-0.15, -0.1) is 0 Å². The first-order valence-electron chi connectivity index (χ1n) is 5.83. The number of carbonyl (C=O) groups excluding carboxylic acids is 1. The summed E-state index contributed by atoms with van der Waals surface area (Å²) >= 11 is 0. The van der Waals surface area contributed by atoms with Crippen LogP contribution in [0.15, 0.2) is 48.7 Å². The summed E-state index contributed by atoms with van der Waals surface area (Å²) in [6, 6.07) is 14.5. The first kappa shape index (κ1) is 10.1. The summed E-state index contributed by atoms with van der Waals surface area (Å²) in [5, 5.41) is 2.93. The van der Waals surface area contributed by atoms with Crippen molar-refractivity contribution >= 4 is 5.91 Å². The fourth-order valence-electron chi connectivity index (χ4n) is 2.36. The van der Waals surface area contributed by atoms with E-state index in [0.29, 0.717) is 12.6 Å². The zero-order valence-electron chi connectivity index (χ0n) is 9.47. The molecule has 1 aromatic heterocycles. The van der Waals surface area contributed by atoms with Crippen LogP contribution in [0, 0.1) is 0 Å². The zero-order valence-corrected chi connectivity index (χ0v) is 9.47. The van der Waals surface area contributed by atoms with Crippen molar-refractivity contribution in [2.45, 2.75) is 12.5 Å². The van der Waals surface area contributed by atoms with Gasteiger partial charge in [-0.1, -0.05) is 30.3 Å². The topological polar surface area (TPSA) is 34.0 Å². The molecule has 0 radical (unpaired) electrons. The van der Waals surface area contributed by atoms with E-state index in [1.165, 1.54) is 5.56 Å². The zero-order chi connectivity index (χ0) is 11.7. The molecule has 3 heteroatoms. The molecule has 2 aromatic rings. The van der Waals surface area contributed by atoms with Crippen molar-refractivity contribution in [3.05, 3.63) is 59.9 Å². The molecule has 2 heterocycles. The Kier molecular flexibility index (Phi) is 2.44. The number of carbonyl (C=O) groups is 1. The predicted octanol–water partition coefficient (Wildman–Crippen LogP) is 2.02. The van der Waals surface area contributed by atoms with Gasteiger partial charge < -0.3 is 9.88 Å². The van der Waals surface area contributed by atoms with Gasteiger partial charge in [-0.05, 0) is 24.1 Å². The lowest BCUT2D eigenvalue weighted by Crippen LogP contribution is -2.39. The molecule has 1 atom stereocenters. The van der Waals surface area contributed by atoms with Crippen LogP contribution in [0.25, 0.3) is 0 Å². The highest BCUT2D eigenvalue weighted by Gasteiger charge is 2.23. The highest BCUT2D eigenvalue weighted by molar-refractivity contribution is 5.93. The maximum atomic E-state index is 11.6. The summed E-state index contributed by atoms with van der Waals surface area (Å²) in [5.41, 5.74) is 2.06. The standard InChI is InChI=1S/C14H14N2O/c17-14-13-7-4-8-16(13)12(10-15-14)9-11-5-2-1-3-6-11/h1-8,12H,9-10H2,(H,15,17)/t12-/m1/s1. The Balaban J connectivity index is 1.87. The van der Waals surface area contributed by atoms with Crippen LogP contribution in [0.1, 0.15) is 22.1 Å². The van der Waals surface area contributed by atoms with Crippen molar-refractivity contribution in [2.75, 3.05) is 6.54 Å². The first-order valence-corrected chi connectivity index (χ1v) is 5.83. The van der Waals surface area contributed by atoms with Gasteiger partial charge in [-0.25, -0.2) is 0 Å². The molecule has 0 bridgehead atoms. The molecular formula is C14H14N2O. The average Bonchev–Trinajstić information content (AvgIpc) is 2.84. The molecule has 0 unspecified atom stereocenters. The lowest BCUT2D eigenvalue weighted by Gasteiger charge is -2.26. The lowest BCUT2D eigenvalue weighted by atomic mass is 10.0. The molecule has 17 heavy (non-hydrogen) atoms. The summed E-state index contributed by atoms with van der Waals surface area (Å²) in [4.78, 5) is 11.6. The highest BCUT2D eigenvalue weighted by Crippen LogP contribution is 2.20. The van der Waals surface area contributed by atoms with Crippen molar-refractivity contribution in [2.24, 2.45) is 0 Å². The van der Waals surface area contributed by atoms with Gasteiger partial charge in [-0.3, -0.25) is 4.79 Å². The summed E-state index contributed by atoms with van der Waals surface area (Å²) in [5.74, 6) is 0.0271. The molecule has 86 valence electrons. The van der Waals surface area contributed by atoms with Gasteiger partial charge in [0.1, 0.15) is 5.69 Å². The SMILES string of the molecule is O=C1NC[C@@H](Cc2ccccc2)n2cccc21. The smallest absolute Gasteiger partial charge is 0.267 e. The summed E-state index contributed by atoms with van der Waals surface area (Å²) in [7, 11) is 0. The molecule has 0 spiro atoms. The number of hydrogen-bond acceptors (Lipinski definition) is 1. The first-order chi connectivity index (χ1) is 8.34. The minimum atomic E-state index is 0.0271. The summed E-state index contributed by atoms with van der Waals surface area (Å²) in [6.07, 6.45) is 2.93. The van der Waals surface area contributed by atoms with Gasteiger partial charge in [0.15, 0.2) is 0 Å². The number of amides is 1. The molecule has 1 N–H and O–H groups in total. The Morgan fingerprint density at radius 2 is 2.00 bits per heavy atom. The Morgan fingerprint density at radius 3 is 2.82 bits per heavy atom. The third-order valence-corrected chi connectivity index (χ3v) is 3.22. The van der Waals surface area contributed by atoms with E-state index in [-0.39, 0.29) is 5.91 Å². The maximum Gasteiger partial charge on any atom is 0.267 e. The van der Waals surface area contributed by atoms with Gasteiger partial charge in [0.05, 0.1) is 6.04 Å². The normalized spacial score (nSPS) is 18.6. The van der Waals surface area contributed by atoms with Gasteiger partial charge >= 0.3 is 0 Å². The maximum absolute atomic E-state index is 11.6. The number of rotatable bonds is 2. The van der Waals surface area contributed by atoms with E-state index in [9.17, 15) is 4.79 Å². The second-order valence-corrected chi connectivity index (χ2v) is 4.35. The number of benzene rings is 1. The number of nitrogens with one attached hydrogen (secondary N) is 1. The molecule has 0 fully saturated rings. The van der Waals surface area contributed by atoms with E-state index in [2.05, 4.69) is 22.0 Å². The van der Waals surface area contributed by atoms with Gasteiger partial charge in [-0.2, -0.15) is 0 Å². The van der Waals surface area contributed by atoms with Crippen LogP contribution in [-0.4, -0.2) is 17.0 Å². The summed E-state index contributed by atoms with van der Waals surface area (Å²) < 4.78 is 2.08. The number of aromatic nitrogens is 1. The second-order valence-electron chi connectivity index (χ2n) is 4.35. The van der Waals surface area contributed by atoms with Crippen molar-refractivity contribution in [3.8, 4) is 0 Å². The van der Waals surface area contributed by atoms with E-state index < -0.39 is 0 Å². The molecule has 0 aliphatic carbocycles. The molecule has 0 saturated carbocycles. The second kappa shape index (κ2) is 4.09. The molecule has 1 aliphatic rings. The van der Waals surface area contributed by atoms with Crippen LogP contribution in [-0.2, 0) is 6.42 Å². The molecule has 0 saturated heterocycles. The van der Waals surface area contributed by atoms with Gasteiger partial charge in [0, 0.05) is 12.7 Å². The van der Waals surface area contributed by atoms with E-state index >= 15 is 0 Å². The third-order valence-electron chi connectivity index (χ3n) is 3.22. The van der Waals surface area contributed by atoms with Crippen molar-refractivity contribution in [1.29, 1.82) is 0 Å². The van der Waals surface area contributed by atoms with Crippen LogP contribution >= 0.6 is 0 Å². The Bertz CT molecular complexity index is 530. The molecular weight excluding hydrogens is 212 g/mol. The number of hydrogen-bond donors (Lipinski definition) is 1. The van der Waals surface area contributed by atoms with Gasteiger partial charge in [0.25, 0.3) is 5.91 Å². The van der Waals surface area contributed by atoms with Crippen LogP contribution in [0.2, 0.25) is 0 Å². The fourth-order valence-corrected chi connectivity index (χ4v) is 2.36. The minimum Gasteiger partial charge on any atom is -0.349 e. The Hall–Kier alpha value is -2.03. The fraction of sp³-hybridized carbons (Fsp3) is 0.214. The van der Waals surface area contributed by atoms with Crippen LogP contribution in [0.4, 0.5) is 0 Å². The largest absolute Gasteiger partial charge is 0.349 e. The lowest BCUT2D eigenvalue weighted by molar-refractivity contribution is 0.0915. The van der Waals surface area contributed by atoms with Crippen LogP contribution in [0.5, 0.6) is 0 Å². The Morgan fingerprint density at radius 1 is 1.18 bits per heavy atom. The minimum absolute atomic E-state index is 0.0271. The molecule has 1 amide bonds. The van der Waals surface area contributed by atoms with E-state index in [1.54, 1.807) is 0 Å². The molecule has 3 rings (SSSR count). The summed E-state index contributed by atoms with van der Waals surface area (Å²) in [6.45, 7) is 0.704. The van der Waals surface area contributed by atoms with Crippen molar-refractivity contribution in [3.63, 3.8) is 0 Å². The van der Waals surface area contributed by atoms with Crippen LogP contribution < -0.4 is 5.32 Å². The average molecular weight is 226 g/mol. The quantitative estimate of drug-likeness (QED) is 0.835. The highest BCUT2D eigenvalue weighted by atomic mass is 16.2. The number of nitrogens with zero attached hydrogens (tertiary/aromatic N) is 1. The number of fused-ring (bicyclic) bond motifs is 1. The third kappa shape index (κ3) is 1.84. The van der Waals surface area contributed by atoms with Crippen molar-refractivity contribution < 1.29 is 4.79 Å². The molecule has 1 aromatic carbocycles. The van der Waals surface area contributed by atoms with E-state index in [4.69, 9.17) is 0 Å². The van der Waals surface area contributed by atoms with Crippen LogP contribution in [0.3, 0.4) is 0 Å². The molecule has 1 aliphatic heterocycles. The Labute approximate surface area is 100 Å². The van der Waals surface area contributed by atoms with Crippen molar-refractivity contribution in [1.82, 2.24) is 9.88 Å². The van der Waals surface area contributed by atoms with E-state index in [0.717, 1.165) is 12.1 Å². The monoisotopic (exact) mass is 226 g/mol. The van der Waals surface area contributed by atoms with E-state index in [1.807, 2.05) is 36.5 Å². The van der Waals surface area contributed by atoms with Gasteiger partial charge in [0.2, 0.25) is 0 Å². The molecule has 3 nitrogen and oxygen atoms in total.